The monoisotopic (exact) mass is 499 g/mol. The third kappa shape index (κ3) is 3.17. The molecule has 0 atom stereocenters. The molecule has 0 radical (unpaired) electrons. The number of benzene rings is 6. The maximum atomic E-state index is 13.4. The molecule has 0 spiro atoms. The molecule has 0 unspecified atom stereocenters. The molecule has 0 aromatic heterocycles. The molecule has 6 aromatic carbocycles. The van der Waals surface area contributed by atoms with Gasteiger partial charge in [-0.3, -0.25) is 9.59 Å². The zero-order chi connectivity index (χ0) is 26.1. The van der Waals surface area contributed by atoms with Gasteiger partial charge < -0.3 is 4.90 Å². The number of allylic oxidation sites excluding steroid dienone is 1. The summed E-state index contributed by atoms with van der Waals surface area (Å²) >= 11 is 0. The number of nitrogens with zero attached hydrogens (tertiary/aromatic N) is 1. The average molecular weight is 500 g/mol. The molecule has 0 amide bonds. The lowest BCUT2D eigenvalue weighted by atomic mass is 9.89. The van der Waals surface area contributed by atoms with Crippen LogP contribution >= 0.6 is 0 Å². The predicted molar refractivity (Wildman–Crippen MR) is 158 cm³/mol. The Morgan fingerprint density at radius 1 is 0.487 bits per heavy atom. The summed E-state index contributed by atoms with van der Waals surface area (Å²) in [5.74, 6) is -0.423. The van der Waals surface area contributed by atoms with Crippen LogP contribution in [0.5, 0.6) is 0 Å². The Morgan fingerprint density at radius 3 is 1.85 bits per heavy atom. The summed E-state index contributed by atoms with van der Waals surface area (Å²) in [6, 6.07) is 40.8. The Balaban J connectivity index is 1.31. The van der Waals surface area contributed by atoms with Crippen molar-refractivity contribution in [2.45, 2.75) is 0 Å². The van der Waals surface area contributed by atoms with Crippen molar-refractivity contribution in [1.82, 2.24) is 0 Å². The molecule has 182 valence electrons. The highest BCUT2D eigenvalue weighted by Gasteiger charge is 2.33. The lowest BCUT2D eigenvalue weighted by Gasteiger charge is -2.33. The van der Waals surface area contributed by atoms with E-state index >= 15 is 0 Å². The number of para-hydroxylation sites is 1. The highest BCUT2D eigenvalue weighted by molar-refractivity contribution is 6.42. The molecular weight excluding hydrogens is 478 g/mol. The minimum absolute atomic E-state index is 0.211. The molecule has 1 aliphatic heterocycles. The van der Waals surface area contributed by atoms with Crippen LogP contribution in [0.2, 0.25) is 0 Å². The molecular formula is C36H21NO2. The molecule has 1 heterocycles. The van der Waals surface area contributed by atoms with Gasteiger partial charge in [-0.15, -0.1) is 0 Å². The van der Waals surface area contributed by atoms with Crippen molar-refractivity contribution in [3.05, 3.63) is 144 Å². The van der Waals surface area contributed by atoms with Crippen molar-refractivity contribution in [2.75, 3.05) is 4.90 Å². The second-order valence-corrected chi connectivity index (χ2v) is 10.1. The quantitative estimate of drug-likeness (QED) is 0.176. The number of rotatable bonds is 2. The van der Waals surface area contributed by atoms with Crippen molar-refractivity contribution < 1.29 is 9.59 Å². The van der Waals surface area contributed by atoms with Crippen molar-refractivity contribution in [2.24, 2.45) is 0 Å². The molecule has 2 aliphatic rings. The first-order valence-corrected chi connectivity index (χ1v) is 13.0. The Kier molecular flexibility index (Phi) is 4.53. The first-order valence-electron chi connectivity index (χ1n) is 13.0. The van der Waals surface area contributed by atoms with Gasteiger partial charge in [0.15, 0.2) is 11.6 Å². The van der Waals surface area contributed by atoms with Crippen LogP contribution in [0.25, 0.3) is 38.7 Å². The third-order valence-corrected chi connectivity index (χ3v) is 7.87. The number of carbonyl (C=O) groups is 2. The zero-order valence-electron chi connectivity index (χ0n) is 20.9. The van der Waals surface area contributed by atoms with Crippen molar-refractivity contribution in [1.29, 1.82) is 0 Å². The van der Waals surface area contributed by atoms with Crippen LogP contribution in [-0.4, -0.2) is 11.6 Å². The molecule has 1 aliphatic carbocycles. The van der Waals surface area contributed by atoms with Crippen molar-refractivity contribution >= 4 is 56.2 Å². The van der Waals surface area contributed by atoms with E-state index in [1.54, 1.807) is 6.08 Å². The minimum Gasteiger partial charge on any atom is -0.309 e. The van der Waals surface area contributed by atoms with Crippen molar-refractivity contribution in [3.63, 3.8) is 0 Å². The highest BCUT2D eigenvalue weighted by Crippen LogP contribution is 2.51. The van der Waals surface area contributed by atoms with Crippen LogP contribution in [-0.2, 0) is 0 Å². The van der Waals surface area contributed by atoms with Gasteiger partial charge in [-0.05, 0) is 75.8 Å². The fraction of sp³-hybridized carbons (Fsp3) is 0. The number of ketones is 2. The summed E-state index contributed by atoms with van der Waals surface area (Å²) in [6.07, 6.45) is 1.75. The van der Waals surface area contributed by atoms with Gasteiger partial charge in [-0.2, -0.15) is 0 Å². The molecule has 0 bridgehead atoms. The fourth-order valence-corrected chi connectivity index (χ4v) is 6.08. The summed E-state index contributed by atoms with van der Waals surface area (Å²) in [4.78, 5) is 29.1. The van der Waals surface area contributed by atoms with E-state index in [2.05, 4.69) is 65.6 Å². The zero-order valence-corrected chi connectivity index (χ0v) is 20.9. The van der Waals surface area contributed by atoms with E-state index in [9.17, 15) is 9.59 Å². The van der Waals surface area contributed by atoms with Crippen LogP contribution in [0.4, 0.5) is 17.1 Å². The van der Waals surface area contributed by atoms with E-state index in [1.165, 1.54) is 10.8 Å². The topological polar surface area (TPSA) is 37.4 Å². The smallest absolute Gasteiger partial charge is 0.197 e. The molecule has 0 fully saturated rings. The van der Waals surface area contributed by atoms with Crippen LogP contribution in [0.3, 0.4) is 0 Å². The van der Waals surface area contributed by atoms with E-state index in [-0.39, 0.29) is 17.1 Å². The van der Waals surface area contributed by atoms with Crippen LogP contribution < -0.4 is 4.90 Å². The van der Waals surface area contributed by atoms with E-state index in [0.717, 1.165) is 44.5 Å². The van der Waals surface area contributed by atoms with Crippen LogP contribution in [0, 0.1) is 0 Å². The average Bonchev–Trinajstić information content (AvgIpc) is 3.21. The molecule has 3 nitrogen and oxygen atoms in total. The fourth-order valence-electron chi connectivity index (χ4n) is 6.08. The first kappa shape index (κ1) is 21.8. The molecule has 39 heavy (non-hydrogen) atoms. The van der Waals surface area contributed by atoms with Gasteiger partial charge in [-0.1, -0.05) is 78.9 Å². The standard InChI is InChI=1S/C36H21NO2/c38-35-29-20-24-8-4-5-9-25(24)21-30(29)36(39)31(35)19-22-16-17-32-28(18-22)27-14-6-10-23-11-7-15-33(34(23)27)37(32)26-12-2-1-3-13-26/h1-21H. The molecule has 0 saturated carbocycles. The molecule has 6 aromatic rings. The van der Waals surface area contributed by atoms with E-state index in [0.29, 0.717) is 11.1 Å². The van der Waals surface area contributed by atoms with E-state index < -0.39 is 0 Å². The molecule has 3 heteroatoms. The molecule has 8 rings (SSSR count). The number of fused-ring (bicyclic) bond motifs is 4. The second-order valence-electron chi connectivity index (χ2n) is 10.1. The number of anilines is 3. The lowest BCUT2D eigenvalue weighted by Crippen LogP contribution is -2.15. The SMILES string of the molecule is O=C1C(=Cc2ccc3c(c2)-c2cccc4cccc(c24)N3c2ccccc2)C(=O)c2cc3ccccc3cc21. The minimum atomic E-state index is -0.211. The van der Waals surface area contributed by atoms with E-state index in [1.807, 2.05) is 60.7 Å². The predicted octanol–water partition coefficient (Wildman–Crippen LogP) is 8.91. The number of carbonyl (C=O) groups excluding carboxylic acids is 2. The summed E-state index contributed by atoms with van der Waals surface area (Å²) in [7, 11) is 0. The van der Waals surface area contributed by atoms with Crippen molar-refractivity contribution in [3.8, 4) is 11.1 Å². The first-order chi connectivity index (χ1) is 19.2. The van der Waals surface area contributed by atoms with Crippen LogP contribution in [0.15, 0.2) is 127 Å². The number of hydrogen-bond donors (Lipinski definition) is 0. The van der Waals surface area contributed by atoms with Gasteiger partial charge in [0.1, 0.15) is 0 Å². The van der Waals surface area contributed by atoms with Crippen LogP contribution in [0.1, 0.15) is 26.3 Å². The van der Waals surface area contributed by atoms with Gasteiger partial charge in [0, 0.05) is 27.8 Å². The maximum absolute atomic E-state index is 13.4. The third-order valence-electron chi connectivity index (χ3n) is 7.87. The number of hydrogen-bond acceptors (Lipinski definition) is 3. The molecule has 0 N–H and O–H groups in total. The Bertz CT molecular complexity index is 1990. The largest absolute Gasteiger partial charge is 0.309 e. The normalized spacial score (nSPS) is 13.6. The van der Waals surface area contributed by atoms with Gasteiger partial charge in [0.05, 0.1) is 16.9 Å². The Morgan fingerprint density at radius 2 is 1.13 bits per heavy atom. The summed E-state index contributed by atoms with van der Waals surface area (Å²) in [5, 5.41) is 4.28. The second kappa shape index (κ2) is 8.11. The summed E-state index contributed by atoms with van der Waals surface area (Å²) < 4.78 is 0. The van der Waals surface area contributed by atoms with Gasteiger partial charge >= 0.3 is 0 Å². The van der Waals surface area contributed by atoms with Gasteiger partial charge in [0.25, 0.3) is 0 Å². The summed E-state index contributed by atoms with van der Waals surface area (Å²) in [5.41, 5.74) is 7.50. The molecule has 0 saturated heterocycles. The summed E-state index contributed by atoms with van der Waals surface area (Å²) in [6.45, 7) is 0. The number of Topliss-reactive ketones (excluding diaryl/α,β-unsaturated/α-hetero) is 2. The highest BCUT2D eigenvalue weighted by atomic mass is 16.2. The van der Waals surface area contributed by atoms with Gasteiger partial charge in [-0.25, -0.2) is 0 Å². The maximum Gasteiger partial charge on any atom is 0.197 e. The Labute approximate surface area is 225 Å². The van der Waals surface area contributed by atoms with Gasteiger partial charge in [0.2, 0.25) is 0 Å². The lowest BCUT2D eigenvalue weighted by molar-refractivity contribution is 0.0990. The Hall–Kier alpha value is -5.28. The van der Waals surface area contributed by atoms with E-state index in [4.69, 9.17) is 0 Å².